The Morgan fingerprint density at radius 2 is 2.23 bits per heavy atom. The summed E-state index contributed by atoms with van der Waals surface area (Å²) in [6.45, 7) is 9.94. The number of aliphatic imine (C=N–C) groups is 1. The van der Waals surface area contributed by atoms with Gasteiger partial charge in [0.1, 0.15) is 25.1 Å². The number of nitrogens with zero attached hydrogens (tertiary/aromatic N) is 3. The smallest absolute Gasteiger partial charge is 0.351 e. The Balaban J connectivity index is 1.53. The lowest BCUT2D eigenvalue weighted by atomic mass is 9.97. The highest BCUT2D eigenvalue weighted by Crippen LogP contribution is 2.32. The Morgan fingerprint density at radius 1 is 1.32 bits per heavy atom. The van der Waals surface area contributed by atoms with Crippen molar-refractivity contribution in [2.45, 2.75) is 19.1 Å². The molecule has 0 spiro atoms. The number of fused-ring (bicyclic) bond motifs is 3. The average Bonchev–Trinajstić information content (AvgIpc) is 2.80. The molecule has 0 radical (unpaired) electrons. The summed E-state index contributed by atoms with van der Waals surface area (Å²) in [5.74, 6) is 1.02. The highest BCUT2D eigenvalue weighted by atomic mass is 16.6. The Hall–Kier alpha value is -3.23. The van der Waals surface area contributed by atoms with Crippen molar-refractivity contribution in [1.29, 1.82) is 0 Å². The summed E-state index contributed by atoms with van der Waals surface area (Å²) in [6, 6.07) is 7.62. The van der Waals surface area contributed by atoms with Crippen LogP contribution in [0.3, 0.4) is 0 Å². The van der Waals surface area contributed by atoms with Crippen LogP contribution in [0.1, 0.15) is 5.56 Å². The van der Waals surface area contributed by atoms with Gasteiger partial charge >= 0.3 is 5.69 Å². The third kappa shape index (κ3) is 4.92. The van der Waals surface area contributed by atoms with Crippen molar-refractivity contribution in [3.63, 3.8) is 0 Å². The topological polar surface area (TPSA) is 84.2 Å². The Labute approximate surface area is 180 Å². The maximum Gasteiger partial charge on any atom is 0.351 e. The minimum Gasteiger partial charge on any atom is -0.487 e. The maximum absolute atomic E-state index is 12.5. The predicted octanol–water partition coefficient (Wildman–Crippen LogP) is 2.41. The molecule has 0 bridgehead atoms. The van der Waals surface area contributed by atoms with Gasteiger partial charge in [-0.2, -0.15) is 4.98 Å². The van der Waals surface area contributed by atoms with E-state index in [0.29, 0.717) is 45.1 Å². The Morgan fingerprint density at radius 3 is 3.00 bits per heavy atom. The molecule has 8 heteroatoms. The van der Waals surface area contributed by atoms with Crippen molar-refractivity contribution in [3.05, 3.63) is 64.7 Å². The molecule has 4 rings (SSSR count). The number of hydrogen-bond donors (Lipinski definition) is 0. The van der Waals surface area contributed by atoms with Crippen LogP contribution < -0.4 is 15.2 Å². The quantitative estimate of drug-likeness (QED) is 0.479. The predicted molar refractivity (Wildman–Crippen MR) is 117 cm³/mol. The first-order chi connectivity index (χ1) is 15.2. The van der Waals surface area contributed by atoms with Crippen molar-refractivity contribution in [3.8, 4) is 22.9 Å². The highest BCUT2D eigenvalue weighted by molar-refractivity contribution is 5.67. The first-order valence-corrected chi connectivity index (χ1v) is 10.2. The molecule has 1 aromatic carbocycles. The zero-order valence-electron chi connectivity index (χ0n) is 17.3. The molecule has 2 aromatic rings. The van der Waals surface area contributed by atoms with Gasteiger partial charge in [0.15, 0.2) is 0 Å². The van der Waals surface area contributed by atoms with E-state index in [2.05, 4.69) is 23.3 Å². The fraction of sp³-hybridized carbons (Fsp3) is 0.348. The lowest BCUT2D eigenvalue weighted by Gasteiger charge is -2.24. The molecule has 1 atom stereocenters. The largest absolute Gasteiger partial charge is 0.487 e. The number of hydrogen-bond acceptors (Lipinski definition) is 7. The van der Waals surface area contributed by atoms with Crippen LogP contribution in [0.15, 0.2) is 58.5 Å². The molecule has 1 unspecified atom stereocenters. The standard InChI is InChI=1S/C23H25N3O5/c1-3-4-17(24-2)13-30-18-5-6-20-16(11-18)7-8-26-21(20)12-22(25-23(26)27)31-15-19-14-28-9-10-29-19/h3-6,11-12,19H,1-2,7-10,13-15H2/b17-4-. The second-order valence-electron chi connectivity index (χ2n) is 7.20. The summed E-state index contributed by atoms with van der Waals surface area (Å²) in [4.78, 5) is 20.5. The zero-order chi connectivity index (χ0) is 21.6. The molecule has 1 fully saturated rings. The van der Waals surface area contributed by atoms with E-state index in [4.69, 9.17) is 18.9 Å². The van der Waals surface area contributed by atoms with Gasteiger partial charge in [0.05, 0.1) is 31.2 Å². The van der Waals surface area contributed by atoms with Crippen LogP contribution in [0.25, 0.3) is 11.3 Å². The molecule has 0 N–H and O–H groups in total. The van der Waals surface area contributed by atoms with Gasteiger partial charge in [0.25, 0.3) is 0 Å². The van der Waals surface area contributed by atoms with Gasteiger partial charge in [0.2, 0.25) is 5.88 Å². The molecule has 8 nitrogen and oxygen atoms in total. The third-order valence-corrected chi connectivity index (χ3v) is 5.15. The van der Waals surface area contributed by atoms with E-state index >= 15 is 0 Å². The molecule has 1 saturated heterocycles. The van der Waals surface area contributed by atoms with Crippen LogP contribution in [0, 0.1) is 0 Å². The first kappa shape index (κ1) is 21.0. The molecule has 2 aliphatic heterocycles. The molecule has 0 amide bonds. The van der Waals surface area contributed by atoms with E-state index in [1.807, 2.05) is 18.2 Å². The molecule has 0 saturated carbocycles. The lowest BCUT2D eigenvalue weighted by molar-refractivity contribution is -0.102. The van der Waals surface area contributed by atoms with E-state index in [9.17, 15) is 4.79 Å². The molecule has 31 heavy (non-hydrogen) atoms. The van der Waals surface area contributed by atoms with E-state index in [1.165, 1.54) is 0 Å². The van der Waals surface area contributed by atoms with Crippen molar-refractivity contribution < 1.29 is 18.9 Å². The van der Waals surface area contributed by atoms with Crippen LogP contribution in [-0.2, 0) is 22.4 Å². The number of ether oxygens (including phenoxy) is 4. The molecule has 162 valence electrons. The SMILES string of the molecule is C=C/C=C(/COc1ccc2c(c1)CCn1c-2cc(OCC2COCCO2)nc1=O)N=C. The maximum atomic E-state index is 12.5. The minimum absolute atomic E-state index is 0.161. The lowest BCUT2D eigenvalue weighted by Crippen LogP contribution is -2.34. The zero-order valence-corrected chi connectivity index (χ0v) is 17.3. The molecule has 0 aliphatic carbocycles. The second kappa shape index (κ2) is 9.72. The molecule has 3 heterocycles. The van der Waals surface area contributed by atoms with Gasteiger partial charge in [-0.3, -0.25) is 9.56 Å². The number of rotatable bonds is 8. The van der Waals surface area contributed by atoms with Gasteiger partial charge < -0.3 is 18.9 Å². The number of allylic oxidation sites excluding steroid dienone is 2. The fourth-order valence-corrected chi connectivity index (χ4v) is 3.60. The molecular weight excluding hydrogens is 398 g/mol. The summed E-state index contributed by atoms with van der Waals surface area (Å²) in [5, 5.41) is 0. The van der Waals surface area contributed by atoms with Crippen LogP contribution >= 0.6 is 0 Å². The molecular formula is C23H25N3O5. The van der Waals surface area contributed by atoms with Crippen molar-refractivity contribution in [2.24, 2.45) is 4.99 Å². The van der Waals surface area contributed by atoms with Gasteiger partial charge in [-0.15, -0.1) is 0 Å². The average molecular weight is 423 g/mol. The molecule has 1 aromatic heterocycles. The summed E-state index contributed by atoms with van der Waals surface area (Å²) in [5.41, 5.74) is 3.21. The first-order valence-electron chi connectivity index (χ1n) is 10.2. The normalized spacial score (nSPS) is 17.9. The summed E-state index contributed by atoms with van der Waals surface area (Å²) in [6.07, 6.45) is 3.96. The summed E-state index contributed by atoms with van der Waals surface area (Å²) < 4.78 is 24.2. The van der Waals surface area contributed by atoms with E-state index in [0.717, 1.165) is 22.6 Å². The van der Waals surface area contributed by atoms with E-state index < -0.39 is 0 Å². The minimum atomic E-state index is -0.324. The monoisotopic (exact) mass is 423 g/mol. The van der Waals surface area contributed by atoms with Crippen LogP contribution in [0.5, 0.6) is 11.6 Å². The number of aromatic nitrogens is 2. The third-order valence-electron chi connectivity index (χ3n) is 5.15. The van der Waals surface area contributed by atoms with Crippen LogP contribution in [-0.4, -0.2) is 55.4 Å². The van der Waals surface area contributed by atoms with E-state index in [1.54, 1.807) is 22.8 Å². The van der Waals surface area contributed by atoms with Crippen molar-refractivity contribution >= 4 is 6.72 Å². The van der Waals surface area contributed by atoms with Crippen molar-refractivity contribution in [2.75, 3.05) is 33.0 Å². The van der Waals surface area contributed by atoms with Gasteiger partial charge in [-0.1, -0.05) is 12.7 Å². The summed E-state index contributed by atoms with van der Waals surface area (Å²) >= 11 is 0. The van der Waals surface area contributed by atoms with Crippen LogP contribution in [0.4, 0.5) is 0 Å². The number of benzene rings is 1. The van der Waals surface area contributed by atoms with Gasteiger partial charge in [0, 0.05) is 18.2 Å². The van der Waals surface area contributed by atoms with Gasteiger partial charge in [-0.25, -0.2) is 4.79 Å². The summed E-state index contributed by atoms with van der Waals surface area (Å²) in [7, 11) is 0. The second-order valence-corrected chi connectivity index (χ2v) is 7.20. The fourth-order valence-electron chi connectivity index (χ4n) is 3.60. The Bertz CT molecular complexity index is 1050. The molecule has 2 aliphatic rings. The van der Waals surface area contributed by atoms with Gasteiger partial charge in [-0.05, 0) is 43.0 Å². The highest BCUT2D eigenvalue weighted by Gasteiger charge is 2.21. The number of aryl methyl sites for hydroxylation is 1. The van der Waals surface area contributed by atoms with E-state index in [-0.39, 0.29) is 24.3 Å². The Kier molecular flexibility index (Phi) is 6.59. The van der Waals surface area contributed by atoms with Crippen molar-refractivity contribution in [1.82, 2.24) is 9.55 Å². The van der Waals surface area contributed by atoms with Crippen LogP contribution in [0.2, 0.25) is 0 Å².